The lowest BCUT2D eigenvalue weighted by molar-refractivity contribution is 0.0671. The van der Waals surface area contributed by atoms with E-state index in [0.29, 0.717) is 27.4 Å². The van der Waals surface area contributed by atoms with Crippen molar-refractivity contribution in [2.75, 3.05) is 19.0 Å². The highest BCUT2D eigenvalue weighted by molar-refractivity contribution is 6.35. The van der Waals surface area contributed by atoms with Crippen molar-refractivity contribution in [1.29, 1.82) is 0 Å². The third kappa shape index (κ3) is 4.01. The Morgan fingerprint density at radius 3 is 2.58 bits per heavy atom. The van der Waals surface area contributed by atoms with Gasteiger partial charge in [0.2, 0.25) is 0 Å². The van der Waals surface area contributed by atoms with Gasteiger partial charge in [-0.1, -0.05) is 23.2 Å². The fourth-order valence-corrected chi connectivity index (χ4v) is 3.33. The van der Waals surface area contributed by atoms with Crippen LogP contribution in [0.5, 0.6) is 0 Å². The van der Waals surface area contributed by atoms with Crippen LogP contribution in [0, 0.1) is 5.92 Å². The minimum atomic E-state index is 0.00340. The zero-order valence-electron chi connectivity index (χ0n) is 10.5. The molecule has 2 rings (SSSR count). The molecule has 1 aromatic rings. The van der Waals surface area contributed by atoms with E-state index in [-0.39, 0.29) is 5.91 Å². The molecule has 5 heteroatoms. The maximum Gasteiger partial charge on any atom is 0.253 e. The van der Waals surface area contributed by atoms with Crippen LogP contribution < -0.4 is 0 Å². The Morgan fingerprint density at radius 1 is 1.26 bits per heavy atom. The monoisotopic (exact) mass is 319 g/mol. The number of alkyl halides is 1. The number of hydrogen-bond donors (Lipinski definition) is 0. The molecule has 1 aromatic carbocycles. The predicted molar refractivity (Wildman–Crippen MR) is 80.4 cm³/mol. The van der Waals surface area contributed by atoms with E-state index in [9.17, 15) is 4.79 Å². The summed E-state index contributed by atoms with van der Waals surface area (Å²) in [6.07, 6.45) is 3.13. The summed E-state index contributed by atoms with van der Waals surface area (Å²) < 4.78 is 0. The predicted octanol–water partition coefficient (Wildman–Crippen LogP) is 4.47. The molecular weight excluding hydrogens is 305 g/mol. The number of carbonyl (C=O) groups is 1. The van der Waals surface area contributed by atoms with Crippen molar-refractivity contribution >= 4 is 40.7 Å². The number of nitrogens with zero attached hydrogens (tertiary/aromatic N) is 1. The van der Waals surface area contributed by atoms with Crippen LogP contribution >= 0.6 is 34.8 Å². The van der Waals surface area contributed by atoms with Crippen LogP contribution in [0.15, 0.2) is 18.2 Å². The third-order valence-corrected chi connectivity index (χ3v) is 4.09. The van der Waals surface area contributed by atoms with Gasteiger partial charge in [0.15, 0.2) is 0 Å². The van der Waals surface area contributed by atoms with Gasteiger partial charge in [0.25, 0.3) is 5.91 Å². The molecule has 2 nitrogen and oxygen atoms in total. The summed E-state index contributed by atoms with van der Waals surface area (Å²) in [5.41, 5.74) is 0.559. The maximum absolute atomic E-state index is 12.4. The minimum absolute atomic E-state index is 0.00340. The Balaban J connectivity index is 2.10. The molecule has 1 amide bonds. The van der Waals surface area contributed by atoms with Gasteiger partial charge in [-0.25, -0.2) is 0 Å². The van der Waals surface area contributed by atoms with Crippen LogP contribution in [0.2, 0.25) is 10.0 Å². The van der Waals surface area contributed by atoms with Crippen molar-refractivity contribution in [2.45, 2.75) is 19.3 Å². The summed E-state index contributed by atoms with van der Waals surface area (Å²) >= 11 is 17.7. The topological polar surface area (TPSA) is 20.3 Å². The maximum atomic E-state index is 12.4. The smallest absolute Gasteiger partial charge is 0.253 e. The molecule has 1 unspecified atom stereocenters. The molecule has 19 heavy (non-hydrogen) atoms. The molecule has 1 atom stereocenters. The van der Waals surface area contributed by atoms with E-state index < -0.39 is 0 Å². The number of amides is 1. The van der Waals surface area contributed by atoms with Crippen molar-refractivity contribution < 1.29 is 4.79 Å². The van der Waals surface area contributed by atoms with Gasteiger partial charge in [0.1, 0.15) is 0 Å². The first-order chi connectivity index (χ1) is 9.10. The van der Waals surface area contributed by atoms with Crippen molar-refractivity contribution in [3.05, 3.63) is 33.8 Å². The molecular formula is C14H16Cl3NO. The largest absolute Gasteiger partial charge is 0.338 e. The van der Waals surface area contributed by atoms with Gasteiger partial charge in [-0.05, 0) is 43.4 Å². The van der Waals surface area contributed by atoms with E-state index in [2.05, 4.69) is 0 Å². The average molecular weight is 321 g/mol. The average Bonchev–Trinajstić information content (AvgIpc) is 2.37. The number of carbonyl (C=O) groups excluding carboxylic acids is 1. The van der Waals surface area contributed by atoms with Gasteiger partial charge in [0.05, 0.1) is 0 Å². The molecule has 1 saturated heterocycles. The first-order valence-electron chi connectivity index (χ1n) is 6.41. The number of rotatable bonds is 3. The first kappa shape index (κ1) is 15.0. The van der Waals surface area contributed by atoms with Gasteiger partial charge in [-0.2, -0.15) is 0 Å². The number of likely N-dealkylation sites (tertiary alicyclic amines) is 1. The molecule has 0 aliphatic carbocycles. The summed E-state index contributed by atoms with van der Waals surface area (Å²) in [6.45, 7) is 1.57. The van der Waals surface area contributed by atoms with E-state index in [4.69, 9.17) is 34.8 Å². The highest BCUT2D eigenvalue weighted by Crippen LogP contribution is 2.24. The van der Waals surface area contributed by atoms with Crippen molar-refractivity contribution in [2.24, 2.45) is 5.92 Å². The van der Waals surface area contributed by atoms with E-state index in [1.165, 1.54) is 0 Å². The van der Waals surface area contributed by atoms with Crippen molar-refractivity contribution in [3.63, 3.8) is 0 Å². The van der Waals surface area contributed by atoms with Crippen LogP contribution in [0.1, 0.15) is 29.6 Å². The molecule has 1 fully saturated rings. The van der Waals surface area contributed by atoms with Crippen LogP contribution in [-0.4, -0.2) is 29.8 Å². The van der Waals surface area contributed by atoms with Crippen molar-refractivity contribution in [1.82, 2.24) is 4.90 Å². The second kappa shape index (κ2) is 6.83. The van der Waals surface area contributed by atoms with E-state index in [1.54, 1.807) is 18.2 Å². The summed E-state index contributed by atoms with van der Waals surface area (Å²) in [6, 6.07) is 4.97. The highest BCUT2D eigenvalue weighted by atomic mass is 35.5. The fourth-order valence-electron chi connectivity index (χ4n) is 2.50. The molecule has 0 bridgehead atoms. The molecule has 104 valence electrons. The standard InChI is InChI=1S/C14H16Cl3NO/c15-4-3-10-2-1-5-18(9-10)14(19)11-6-12(16)8-13(17)7-11/h6-8,10H,1-5,9H2. The first-order valence-corrected chi connectivity index (χ1v) is 7.70. The summed E-state index contributed by atoms with van der Waals surface area (Å²) in [4.78, 5) is 14.3. The van der Waals surface area contributed by atoms with Crippen LogP contribution in [-0.2, 0) is 0 Å². The minimum Gasteiger partial charge on any atom is -0.338 e. The second-order valence-electron chi connectivity index (χ2n) is 4.90. The second-order valence-corrected chi connectivity index (χ2v) is 6.15. The lowest BCUT2D eigenvalue weighted by atomic mass is 9.95. The van der Waals surface area contributed by atoms with E-state index in [1.807, 2.05) is 4.90 Å². The Kier molecular flexibility index (Phi) is 5.37. The Labute approximate surface area is 128 Å². The Morgan fingerprint density at radius 2 is 1.95 bits per heavy atom. The lowest BCUT2D eigenvalue weighted by Gasteiger charge is -2.32. The molecule has 1 heterocycles. The SMILES string of the molecule is O=C(c1cc(Cl)cc(Cl)c1)N1CCCC(CCCl)C1. The van der Waals surface area contributed by atoms with Crippen LogP contribution in [0.4, 0.5) is 0 Å². The number of benzene rings is 1. The summed E-state index contributed by atoms with van der Waals surface area (Å²) in [5.74, 6) is 1.16. The van der Waals surface area contributed by atoms with Crippen LogP contribution in [0.3, 0.4) is 0 Å². The van der Waals surface area contributed by atoms with Gasteiger partial charge >= 0.3 is 0 Å². The molecule has 1 aliphatic rings. The molecule has 0 saturated carbocycles. The molecule has 0 radical (unpaired) electrons. The normalized spacial score (nSPS) is 19.5. The van der Waals surface area contributed by atoms with Gasteiger partial charge < -0.3 is 4.90 Å². The zero-order valence-corrected chi connectivity index (χ0v) is 12.8. The molecule has 0 aromatic heterocycles. The van der Waals surface area contributed by atoms with Gasteiger partial charge in [-0.15, -0.1) is 11.6 Å². The van der Waals surface area contributed by atoms with E-state index >= 15 is 0 Å². The zero-order chi connectivity index (χ0) is 13.8. The molecule has 0 N–H and O–H groups in total. The van der Waals surface area contributed by atoms with Crippen LogP contribution in [0.25, 0.3) is 0 Å². The third-order valence-electron chi connectivity index (χ3n) is 3.43. The quantitative estimate of drug-likeness (QED) is 0.752. The van der Waals surface area contributed by atoms with Crippen molar-refractivity contribution in [3.8, 4) is 0 Å². The lowest BCUT2D eigenvalue weighted by Crippen LogP contribution is -2.40. The fraction of sp³-hybridized carbons (Fsp3) is 0.500. The van der Waals surface area contributed by atoms with Gasteiger partial charge in [0, 0.05) is 34.6 Å². The highest BCUT2D eigenvalue weighted by Gasteiger charge is 2.24. The number of piperidine rings is 1. The Bertz CT molecular complexity index is 442. The summed E-state index contributed by atoms with van der Waals surface area (Å²) in [5, 5.41) is 0.982. The van der Waals surface area contributed by atoms with Gasteiger partial charge in [-0.3, -0.25) is 4.79 Å². The molecule has 0 spiro atoms. The number of halogens is 3. The summed E-state index contributed by atoms with van der Waals surface area (Å²) in [7, 11) is 0. The van der Waals surface area contributed by atoms with E-state index in [0.717, 1.165) is 32.4 Å². The number of hydrogen-bond acceptors (Lipinski definition) is 1. The Hall–Kier alpha value is -0.440. The molecule has 1 aliphatic heterocycles.